The molecule has 0 atom stereocenters. The number of methoxy groups -OCH3 is 1. The fourth-order valence-electron chi connectivity index (χ4n) is 1.39. The van der Waals surface area contributed by atoms with Gasteiger partial charge in [0.05, 0.1) is 18.4 Å². The molecule has 6 nitrogen and oxygen atoms in total. The van der Waals surface area contributed by atoms with Gasteiger partial charge < -0.3 is 14.5 Å². The SMILES string of the molecule is CCCNc1nnc(SCc2cc(C(=O)OC)co2)s1. The number of carbonyl (C=O) groups is 1. The lowest BCUT2D eigenvalue weighted by Crippen LogP contribution is -1.98. The maximum absolute atomic E-state index is 11.3. The summed E-state index contributed by atoms with van der Waals surface area (Å²) >= 11 is 3.03. The molecular weight excluding hydrogens is 298 g/mol. The molecule has 0 aliphatic rings. The van der Waals surface area contributed by atoms with Crippen LogP contribution in [0, 0.1) is 0 Å². The number of hydrogen-bond acceptors (Lipinski definition) is 8. The standard InChI is InChI=1S/C12H15N3O3S2/c1-3-4-13-11-14-15-12(20-11)19-7-9-5-8(6-18-9)10(16)17-2/h5-6H,3-4,7H2,1-2H3,(H,13,14). The topological polar surface area (TPSA) is 77.2 Å². The van der Waals surface area contributed by atoms with Gasteiger partial charge >= 0.3 is 5.97 Å². The van der Waals surface area contributed by atoms with Crippen molar-refractivity contribution in [2.45, 2.75) is 23.4 Å². The highest BCUT2D eigenvalue weighted by Gasteiger charge is 2.11. The van der Waals surface area contributed by atoms with Crippen LogP contribution < -0.4 is 5.32 Å². The molecule has 0 aliphatic heterocycles. The lowest BCUT2D eigenvalue weighted by molar-refractivity contribution is 0.0600. The maximum Gasteiger partial charge on any atom is 0.341 e. The highest BCUT2D eigenvalue weighted by Crippen LogP contribution is 2.28. The Morgan fingerprint density at radius 2 is 2.40 bits per heavy atom. The third-order valence-corrected chi connectivity index (χ3v) is 4.38. The van der Waals surface area contributed by atoms with Crippen molar-refractivity contribution in [3.8, 4) is 0 Å². The largest absolute Gasteiger partial charge is 0.468 e. The molecule has 108 valence electrons. The molecule has 1 N–H and O–H groups in total. The van der Waals surface area contributed by atoms with Crippen LogP contribution >= 0.6 is 23.1 Å². The number of thioether (sulfide) groups is 1. The Labute approximate surface area is 124 Å². The van der Waals surface area contributed by atoms with E-state index in [9.17, 15) is 4.79 Å². The number of rotatable bonds is 7. The monoisotopic (exact) mass is 313 g/mol. The van der Waals surface area contributed by atoms with Gasteiger partial charge in [0.25, 0.3) is 0 Å². The van der Waals surface area contributed by atoms with Crippen LogP contribution in [0.2, 0.25) is 0 Å². The predicted octanol–water partition coefficient (Wildman–Crippen LogP) is 3.03. The summed E-state index contributed by atoms with van der Waals surface area (Å²) in [5.41, 5.74) is 0.422. The summed E-state index contributed by atoms with van der Waals surface area (Å²) < 4.78 is 10.8. The van der Waals surface area contributed by atoms with Gasteiger partial charge in [0.1, 0.15) is 12.0 Å². The first kappa shape index (κ1) is 14.9. The van der Waals surface area contributed by atoms with Crippen molar-refractivity contribution >= 4 is 34.2 Å². The van der Waals surface area contributed by atoms with Crippen molar-refractivity contribution < 1.29 is 13.9 Å². The smallest absolute Gasteiger partial charge is 0.341 e. The first-order chi connectivity index (χ1) is 9.72. The van der Waals surface area contributed by atoms with Crippen LogP contribution in [-0.4, -0.2) is 29.8 Å². The zero-order valence-corrected chi connectivity index (χ0v) is 12.8. The van der Waals surface area contributed by atoms with Gasteiger partial charge in [0.15, 0.2) is 4.34 Å². The van der Waals surface area contributed by atoms with Crippen molar-refractivity contribution in [2.75, 3.05) is 19.0 Å². The number of nitrogens with zero attached hydrogens (tertiary/aromatic N) is 2. The number of esters is 1. The Hall–Kier alpha value is -1.54. The molecule has 8 heteroatoms. The van der Waals surface area contributed by atoms with E-state index >= 15 is 0 Å². The minimum Gasteiger partial charge on any atom is -0.468 e. The molecule has 0 saturated heterocycles. The molecule has 2 aromatic heterocycles. The first-order valence-corrected chi connectivity index (χ1v) is 7.89. The summed E-state index contributed by atoms with van der Waals surface area (Å²) in [4.78, 5) is 11.3. The lowest BCUT2D eigenvalue weighted by Gasteiger charge is -1.95. The number of anilines is 1. The zero-order valence-electron chi connectivity index (χ0n) is 11.2. The Morgan fingerprint density at radius 3 is 3.15 bits per heavy atom. The van der Waals surface area contributed by atoms with Crippen LogP contribution in [-0.2, 0) is 10.5 Å². The van der Waals surface area contributed by atoms with E-state index in [1.54, 1.807) is 6.07 Å². The van der Waals surface area contributed by atoms with Gasteiger partial charge in [-0.25, -0.2) is 4.79 Å². The summed E-state index contributed by atoms with van der Waals surface area (Å²) in [6, 6.07) is 1.68. The molecule has 0 amide bonds. The van der Waals surface area contributed by atoms with Gasteiger partial charge in [-0.1, -0.05) is 30.0 Å². The highest BCUT2D eigenvalue weighted by molar-refractivity contribution is 8.00. The second-order valence-electron chi connectivity index (χ2n) is 3.88. The van der Waals surface area contributed by atoms with Crippen molar-refractivity contribution in [2.24, 2.45) is 0 Å². The highest BCUT2D eigenvalue weighted by atomic mass is 32.2. The van der Waals surface area contributed by atoms with Crippen LogP contribution in [0.4, 0.5) is 5.13 Å². The van der Waals surface area contributed by atoms with Gasteiger partial charge in [-0.05, 0) is 12.5 Å². The fourth-order valence-corrected chi connectivity index (χ4v) is 3.05. The number of carbonyl (C=O) groups excluding carboxylic acids is 1. The molecule has 2 aromatic rings. The molecule has 0 aromatic carbocycles. The lowest BCUT2D eigenvalue weighted by atomic mass is 10.3. The summed E-state index contributed by atoms with van der Waals surface area (Å²) in [5.74, 6) is 0.903. The minimum absolute atomic E-state index is 0.396. The molecule has 2 heterocycles. The minimum atomic E-state index is -0.396. The quantitative estimate of drug-likeness (QED) is 0.622. The Morgan fingerprint density at radius 1 is 1.55 bits per heavy atom. The molecule has 20 heavy (non-hydrogen) atoms. The van der Waals surface area contributed by atoms with Crippen molar-refractivity contribution in [3.05, 3.63) is 23.7 Å². The van der Waals surface area contributed by atoms with Gasteiger partial charge in [-0.3, -0.25) is 0 Å². The zero-order chi connectivity index (χ0) is 14.4. The molecule has 0 bridgehead atoms. The number of aromatic nitrogens is 2. The van der Waals surface area contributed by atoms with E-state index in [0.717, 1.165) is 22.4 Å². The van der Waals surface area contributed by atoms with Crippen LogP contribution in [0.5, 0.6) is 0 Å². The third-order valence-electron chi connectivity index (χ3n) is 2.35. The Kier molecular flexibility index (Phi) is 5.42. The normalized spacial score (nSPS) is 10.5. The molecule has 0 aliphatic carbocycles. The average molecular weight is 313 g/mol. The van der Waals surface area contributed by atoms with Gasteiger partial charge in [0.2, 0.25) is 5.13 Å². The van der Waals surface area contributed by atoms with E-state index in [2.05, 4.69) is 27.2 Å². The molecule has 0 fully saturated rings. The summed E-state index contributed by atoms with van der Waals surface area (Å²) in [5, 5.41) is 12.1. The average Bonchev–Trinajstić information content (AvgIpc) is 3.11. The van der Waals surface area contributed by atoms with Gasteiger partial charge in [-0.2, -0.15) is 0 Å². The molecule has 0 unspecified atom stereocenters. The van der Waals surface area contributed by atoms with Crippen LogP contribution in [0.25, 0.3) is 0 Å². The first-order valence-electron chi connectivity index (χ1n) is 6.08. The van der Waals surface area contributed by atoms with E-state index < -0.39 is 5.97 Å². The number of nitrogens with one attached hydrogen (secondary N) is 1. The second-order valence-corrected chi connectivity index (χ2v) is 6.08. The van der Waals surface area contributed by atoms with Crippen LogP contribution in [0.1, 0.15) is 29.5 Å². The molecule has 0 spiro atoms. The fraction of sp³-hybridized carbons (Fsp3) is 0.417. The van der Waals surface area contributed by atoms with Crippen molar-refractivity contribution in [1.82, 2.24) is 10.2 Å². The predicted molar refractivity (Wildman–Crippen MR) is 78.3 cm³/mol. The van der Waals surface area contributed by atoms with Crippen LogP contribution in [0.15, 0.2) is 21.1 Å². The third kappa shape index (κ3) is 3.97. The van der Waals surface area contributed by atoms with E-state index in [1.807, 2.05) is 0 Å². The van der Waals surface area contributed by atoms with E-state index in [1.165, 1.54) is 36.5 Å². The summed E-state index contributed by atoms with van der Waals surface area (Å²) in [6.07, 6.45) is 2.45. The van der Waals surface area contributed by atoms with Crippen molar-refractivity contribution in [3.63, 3.8) is 0 Å². The molecule has 0 radical (unpaired) electrons. The number of furan rings is 1. The summed E-state index contributed by atoms with van der Waals surface area (Å²) in [6.45, 7) is 2.99. The Bertz CT molecular complexity index is 568. The van der Waals surface area contributed by atoms with Gasteiger partial charge in [-0.15, -0.1) is 10.2 Å². The van der Waals surface area contributed by atoms with E-state index in [0.29, 0.717) is 17.1 Å². The molecule has 0 saturated carbocycles. The van der Waals surface area contributed by atoms with E-state index in [4.69, 9.17) is 4.42 Å². The molecule has 2 rings (SSSR count). The maximum atomic E-state index is 11.3. The van der Waals surface area contributed by atoms with Gasteiger partial charge in [0, 0.05) is 6.54 Å². The number of ether oxygens (including phenoxy) is 1. The van der Waals surface area contributed by atoms with Crippen molar-refractivity contribution in [1.29, 1.82) is 0 Å². The second kappa shape index (κ2) is 7.30. The molecular formula is C12H15N3O3S2. The number of hydrogen-bond donors (Lipinski definition) is 1. The van der Waals surface area contributed by atoms with Crippen LogP contribution in [0.3, 0.4) is 0 Å². The Balaban J connectivity index is 1.87. The van der Waals surface area contributed by atoms with E-state index in [-0.39, 0.29) is 0 Å². The summed E-state index contributed by atoms with van der Waals surface area (Å²) in [7, 11) is 1.34.